The van der Waals surface area contributed by atoms with E-state index in [0.717, 1.165) is 11.3 Å². The van der Waals surface area contributed by atoms with Crippen molar-refractivity contribution in [2.45, 2.75) is 6.92 Å². The van der Waals surface area contributed by atoms with Gasteiger partial charge < -0.3 is 4.90 Å². The van der Waals surface area contributed by atoms with Gasteiger partial charge in [-0.2, -0.15) is 0 Å². The van der Waals surface area contributed by atoms with Crippen molar-refractivity contribution in [2.75, 3.05) is 14.1 Å². The fourth-order valence-corrected chi connectivity index (χ4v) is 1.15. The molecule has 0 radical (unpaired) electrons. The lowest BCUT2D eigenvalue weighted by Crippen LogP contribution is -2.10. The summed E-state index contributed by atoms with van der Waals surface area (Å²) in [5, 5.41) is 7.15. The number of nitrogens with zero attached hydrogens (tertiary/aromatic N) is 1. The molecule has 0 fully saturated rings. The van der Waals surface area contributed by atoms with Crippen molar-refractivity contribution < 1.29 is 0 Å². The highest BCUT2D eigenvalue weighted by atomic mass is 15.1. The Morgan fingerprint density at radius 3 is 2.15 bits per heavy atom. The zero-order valence-electron chi connectivity index (χ0n) is 8.26. The van der Waals surface area contributed by atoms with Crippen LogP contribution in [0.1, 0.15) is 11.1 Å². The summed E-state index contributed by atoms with van der Waals surface area (Å²) in [6, 6.07) is 8.09. The van der Waals surface area contributed by atoms with E-state index < -0.39 is 0 Å². The number of benzene rings is 1. The van der Waals surface area contributed by atoms with Gasteiger partial charge in [-0.3, -0.25) is 5.41 Å². The van der Waals surface area contributed by atoms with Crippen molar-refractivity contribution in [3.8, 4) is 0 Å². The Morgan fingerprint density at radius 2 is 1.77 bits per heavy atom. The molecule has 0 saturated carbocycles. The van der Waals surface area contributed by atoms with Crippen molar-refractivity contribution >= 4 is 11.6 Å². The normalized spacial score (nSPS) is 9.15. The number of nitrogens with one attached hydrogen (secondary N) is 1. The number of rotatable bonds is 2. The van der Waals surface area contributed by atoms with Gasteiger partial charge in [0.25, 0.3) is 0 Å². The molecule has 0 heterocycles. The number of aryl methyl sites for hydroxylation is 1. The zero-order valence-corrected chi connectivity index (χ0v) is 8.26. The lowest BCUT2D eigenvalue weighted by atomic mass is 10.1. The minimum atomic E-state index is 0.806. The van der Waals surface area contributed by atoms with Gasteiger partial charge in [0.05, 0.1) is 0 Å². The quantitative estimate of drug-likeness (QED) is 0.683. The first-order valence-corrected chi connectivity index (χ1v) is 4.19. The molecule has 0 saturated heterocycles. The van der Waals surface area contributed by atoms with Crippen LogP contribution in [0.25, 0.3) is 5.70 Å². The molecule has 0 atom stereocenters. The third-order valence-electron chi connectivity index (χ3n) is 1.89. The monoisotopic (exact) mass is 174 g/mol. The van der Waals surface area contributed by atoms with E-state index in [1.54, 1.807) is 0 Å². The fraction of sp³-hybridized carbons (Fsp3) is 0.273. The topological polar surface area (TPSA) is 27.1 Å². The van der Waals surface area contributed by atoms with Crippen molar-refractivity contribution in [2.24, 2.45) is 0 Å². The summed E-state index contributed by atoms with van der Waals surface area (Å²) in [6.45, 7) is 2.05. The van der Waals surface area contributed by atoms with Crippen LogP contribution in [0.15, 0.2) is 24.3 Å². The molecule has 13 heavy (non-hydrogen) atoms. The van der Waals surface area contributed by atoms with Crippen LogP contribution in [0.3, 0.4) is 0 Å². The summed E-state index contributed by atoms with van der Waals surface area (Å²) in [5.41, 5.74) is 3.07. The first kappa shape index (κ1) is 9.56. The van der Waals surface area contributed by atoms with Gasteiger partial charge in [0.15, 0.2) is 0 Å². The van der Waals surface area contributed by atoms with Crippen LogP contribution in [0.5, 0.6) is 0 Å². The van der Waals surface area contributed by atoms with Gasteiger partial charge in [-0.25, -0.2) is 0 Å². The lowest BCUT2D eigenvalue weighted by Gasteiger charge is -2.14. The number of hydrogen-bond donors (Lipinski definition) is 1. The average Bonchev–Trinajstić information content (AvgIpc) is 2.09. The van der Waals surface area contributed by atoms with Crippen molar-refractivity contribution in [3.05, 3.63) is 35.4 Å². The van der Waals surface area contributed by atoms with Gasteiger partial charge in [0, 0.05) is 25.5 Å². The summed E-state index contributed by atoms with van der Waals surface area (Å²) in [5.74, 6) is 2.43. The van der Waals surface area contributed by atoms with E-state index in [2.05, 4.69) is 5.87 Å². The molecule has 1 rings (SSSR count). The molecule has 0 aliphatic carbocycles. The smallest absolute Gasteiger partial charge is 0.106 e. The Kier molecular flexibility index (Phi) is 2.88. The van der Waals surface area contributed by atoms with Crippen LogP contribution in [0.4, 0.5) is 0 Å². The molecule has 1 aromatic carbocycles. The molecule has 0 aromatic heterocycles. The maximum absolute atomic E-state index is 7.15. The maximum Gasteiger partial charge on any atom is 0.106 e. The summed E-state index contributed by atoms with van der Waals surface area (Å²) < 4.78 is 0. The van der Waals surface area contributed by atoms with Gasteiger partial charge in [0.2, 0.25) is 0 Å². The average molecular weight is 174 g/mol. The second kappa shape index (κ2) is 3.92. The molecule has 0 aliphatic rings. The molecule has 2 nitrogen and oxygen atoms in total. The molecular formula is C11H14N2. The maximum atomic E-state index is 7.15. The highest BCUT2D eigenvalue weighted by molar-refractivity contribution is 5.86. The molecule has 68 valence electrons. The van der Waals surface area contributed by atoms with E-state index in [-0.39, 0.29) is 0 Å². The van der Waals surface area contributed by atoms with Crippen molar-refractivity contribution in [1.82, 2.24) is 4.90 Å². The van der Waals surface area contributed by atoms with Crippen LogP contribution in [-0.4, -0.2) is 24.9 Å². The van der Waals surface area contributed by atoms with E-state index in [1.807, 2.05) is 50.2 Å². The predicted octanol–water partition coefficient (Wildman–Crippen LogP) is 2.15. The van der Waals surface area contributed by atoms with E-state index in [0.29, 0.717) is 0 Å². The minimum Gasteiger partial charge on any atom is -0.370 e. The third kappa shape index (κ3) is 2.20. The van der Waals surface area contributed by atoms with E-state index in [9.17, 15) is 0 Å². The Labute approximate surface area is 79.0 Å². The SMILES string of the molecule is Cc1ccc(C(=C=N)N(C)C)cc1. The van der Waals surface area contributed by atoms with Crippen LogP contribution >= 0.6 is 0 Å². The Bertz CT molecular complexity index is 330. The first-order chi connectivity index (χ1) is 6.15. The van der Waals surface area contributed by atoms with Crippen molar-refractivity contribution in [3.63, 3.8) is 0 Å². The standard InChI is InChI=1S/C11H14N2/c1-9-4-6-10(7-5-9)11(8-12)13(2)3/h4-7,12H,1-3H3. The van der Waals surface area contributed by atoms with Gasteiger partial charge in [-0.05, 0) is 6.92 Å². The molecule has 1 aromatic rings. The van der Waals surface area contributed by atoms with Crippen LogP contribution in [0, 0.1) is 12.3 Å². The van der Waals surface area contributed by atoms with Crippen molar-refractivity contribution in [1.29, 1.82) is 5.41 Å². The second-order valence-corrected chi connectivity index (χ2v) is 3.23. The summed E-state index contributed by atoms with van der Waals surface area (Å²) in [6.07, 6.45) is 0. The minimum absolute atomic E-state index is 0.806. The first-order valence-electron chi connectivity index (χ1n) is 4.19. The molecule has 0 aliphatic heterocycles. The molecule has 0 unspecified atom stereocenters. The third-order valence-corrected chi connectivity index (χ3v) is 1.89. The highest BCUT2D eigenvalue weighted by Crippen LogP contribution is 2.13. The van der Waals surface area contributed by atoms with Gasteiger partial charge in [0.1, 0.15) is 5.70 Å². The number of hydrogen-bond acceptors (Lipinski definition) is 2. The summed E-state index contributed by atoms with van der Waals surface area (Å²) >= 11 is 0. The Morgan fingerprint density at radius 1 is 1.23 bits per heavy atom. The highest BCUT2D eigenvalue weighted by Gasteiger charge is 2.01. The van der Waals surface area contributed by atoms with Crippen LogP contribution < -0.4 is 0 Å². The zero-order chi connectivity index (χ0) is 9.84. The molecule has 1 N–H and O–H groups in total. The van der Waals surface area contributed by atoms with Crippen LogP contribution in [0.2, 0.25) is 0 Å². The lowest BCUT2D eigenvalue weighted by molar-refractivity contribution is 0.596. The van der Waals surface area contributed by atoms with Gasteiger partial charge in [-0.15, -0.1) is 0 Å². The predicted molar refractivity (Wildman–Crippen MR) is 56.0 cm³/mol. The molecule has 0 spiro atoms. The Hall–Kier alpha value is -1.53. The second-order valence-electron chi connectivity index (χ2n) is 3.23. The largest absolute Gasteiger partial charge is 0.370 e. The Balaban J connectivity index is 3.08. The molecular weight excluding hydrogens is 160 g/mol. The van der Waals surface area contributed by atoms with Crippen LogP contribution in [-0.2, 0) is 0 Å². The fourth-order valence-electron chi connectivity index (χ4n) is 1.15. The van der Waals surface area contributed by atoms with E-state index in [4.69, 9.17) is 5.41 Å². The summed E-state index contributed by atoms with van der Waals surface area (Å²) in [4.78, 5) is 1.89. The van der Waals surface area contributed by atoms with E-state index in [1.165, 1.54) is 5.56 Å². The molecule has 0 amide bonds. The van der Waals surface area contributed by atoms with Gasteiger partial charge in [-0.1, -0.05) is 29.8 Å². The summed E-state index contributed by atoms with van der Waals surface area (Å²) in [7, 11) is 3.83. The molecule has 0 bridgehead atoms. The van der Waals surface area contributed by atoms with E-state index >= 15 is 0 Å². The van der Waals surface area contributed by atoms with Gasteiger partial charge >= 0.3 is 0 Å². The molecule has 2 heteroatoms.